The summed E-state index contributed by atoms with van der Waals surface area (Å²) >= 11 is 1.17. The molecule has 0 saturated heterocycles. The zero-order valence-corrected chi connectivity index (χ0v) is 8.08. The molecule has 0 aliphatic rings. The van der Waals surface area contributed by atoms with Crippen LogP contribution in [0.15, 0.2) is 35.5 Å². The van der Waals surface area contributed by atoms with Gasteiger partial charge in [0.1, 0.15) is 0 Å². The number of aromatic amines is 1. The largest absolute Gasteiger partial charge is 0.258 e. The molecule has 3 nitrogen and oxygen atoms in total. The molecule has 1 heterocycles. The zero-order valence-electron chi connectivity index (χ0n) is 7.27. The summed E-state index contributed by atoms with van der Waals surface area (Å²) in [6, 6.07) is 9.78. The van der Waals surface area contributed by atoms with Gasteiger partial charge in [0, 0.05) is 17.3 Å². The van der Waals surface area contributed by atoms with Crippen LogP contribution in [0.1, 0.15) is 0 Å². The molecule has 0 aliphatic heterocycles. The smallest absolute Gasteiger partial charge is 0.221 e. The highest BCUT2D eigenvalue weighted by atomic mass is 32.2. The maximum Gasteiger partial charge on any atom is 0.221 e. The van der Waals surface area contributed by atoms with Gasteiger partial charge in [-0.3, -0.25) is 5.10 Å². The van der Waals surface area contributed by atoms with E-state index in [4.69, 9.17) is 6.42 Å². The molecule has 0 amide bonds. The monoisotopic (exact) mass is 201 g/mol. The summed E-state index contributed by atoms with van der Waals surface area (Å²) in [7, 11) is 0. The number of rotatable bonds is 2. The Bertz CT molecular complexity index is 456. The first kappa shape index (κ1) is 8.85. The molecular formula is C10H7N3S. The van der Waals surface area contributed by atoms with E-state index in [1.807, 2.05) is 30.3 Å². The van der Waals surface area contributed by atoms with E-state index in [9.17, 15) is 0 Å². The fourth-order valence-corrected chi connectivity index (χ4v) is 1.40. The highest BCUT2D eigenvalue weighted by molar-refractivity contribution is 8.03. The number of hydrogen-bond acceptors (Lipinski definition) is 3. The molecule has 14 heavy (non-hydrogen) atoms. The van der Waals surface area contributed by atoms with E-state index >= 15 is 0 Å². The zero-order chi connectivity index (χ0) is 9.80. The Morgan fingerprint density at radius 2 is 2.07 bits per heavy atom. The summed E-state index contributed by atoms with van der Waals surface area (Å²) in [6.45, 7) is 0. The lowest BCUT2D eigenvalue weighted by atomic mass is 10.2. The number of H-pyrrole nitrogens is 1. The Hall–Kier alpha value is -1.73. The van der Waals surface area contributed by atoms with E-state index < -0.39 is 0 Å². The van der Waals surface area contributed by atoms with Gasteiger partial charge in [0.2, 0.25) is 5.16 Å². The molecule has 68 valence electrons. The fraction of sp³-hybridized carbons (Fsp3) is 0. The van der Waals surface area contributed by atoms with Crippen molar-refractivity contribution in [3.05, 3.63) is 30.3 Å². The highest BCUT2D eigenvalue weighted by Crippen LogP contribution is 2.17. The second kappa shape index (κ2) is 3.99. The first-order valence-electron chi connectivity index (χ1n) is 4.00. The lowest BCUT2D eigenvalue weighted by molar-refractivity contribution is 0.978. The average Bonchev–Trinajstić information content (AvgIpc) is 2.68. The standard InChI is InChI=1S/C10H7N3S/c1-2-14-10-11-9(12-13-10)8-6-4-3-5-7-8/h1,3-7H,(H,11,12,13). The first-order valence-corrected chi connectivity index (χ1v) is 4.82. The number of hydrogen-bond donors (Lipinski definition) is 1. The molecule has 0 radical (unpaired) electrons. The van der Waals surface area contributed by atoms with E-state index in [2.05, 4.69) is 20.4 Å². The first-order chi connectivity index (χ1) is 6.90. The van der Waals surface area contributed by atoms with E-state index in [1.165, 1.54) is 11.8 Å². The summed E-state index contributed by atoms with van der Waals surface area (Å²) in [6.07, 6.45) is 5.13. The van der Waals surface area contributed by atoms with Gasteiger partial charge in [-0.15, -0.1) is 11.5 Å². The van der Waals surface area contributed by atoms with Crippen LogP contribution in [0.2, 0.25) is 0 Å². The second-order valence-electron chi connectivity index (χ2n) is 2.55. The van der Waals surface area contributed by atoms with Gasteiger partial charge in [-0.25, -0.2) is 4.98 Å². The van der Waals surface area contributed by atoms with Crippen molar-refractivity contribution in [2.45, 2.75) is 5.16 Å². The summed E-state index contributed by atoms with van der Waals surface area (Å²) in [4.78, 5) is 4.22. The van der Waals surface area contributed by atoms with Gasteiger partial charge >= 0.3 is 0 Å². The van der Waals surface area contributed by atoms with Crippen molar-refractivity contribution in [1.29, 1.82) is 0 Å². The van der Waals surface area contributed by atoms with Crippen LogP contribution >= 0.6 is 11.8 Å². The Morgan fingerprint density at radius 1 is 1.29 bits per heavy atom. The SMILES string of the molecule is C#CSc1n[nH]c(-c2ccccc2)n1. The van der Waals surface area contributed by atoms with Gasteiger partial charge in [0.15, 0.2) is 5.82 Å². The number of nitrogens with one attached hydrogen (secondary N) is 1. The third-order valence-corrected chi connectivity index (χ3v) is 2.15. The maximum atomic E-state index is 5.13. The Labute approximate surface area is 86.0 Å². The lowest BCUT2D eigenvalue weighted by Crippen LogP contribution is -1.78. The van der Waals surface area contributed by atoms with Gasteiger partial charge in [-0.1, -0.05) is 30.3 Å². The number of aromatic nitrogens is 3. The molecule has 0 unspecified atom stereocenters. The number of thioether (sulfide) groups is 1. The molecule has 2 rings (SSSR count). The van der Waals surface area contributed by atoms with Crippen molar-refractivity contribution in [3.8, 4) is 23.1 Å². The third-order valence-electron chi connectivity index (χ3n) is 1.66. The van der Waals surface area contributed by atoms with Crippen molar-refractivity contribution >= 4 is 11.8 Å². The van der Waals surface area contributed by atoms with Crippen LogP contribution < -0.4 is 0 Å². The van der Waals surface area contributed by atoms with Gasteiger partial charge in [0.05, 0.1) is 0 Å². The van der Waals surface area contributed by atoms with E-state index in [0.717, 1.165) is 11.4 Å². The predicted octanol–water partition coefficient (Wildman–Crippen LogP) is 2.15. The minimum absolute atomic E-state index is 0.575. The van der Waals surface area contributed by atoms with Crippen molar-refractivity contribution in [2.24, 2.45) is 0 Å². The van der Waals surface area contributed by atoms with Crippen molar-refractivity contribution in [1.82, 2.24) is 15.2 Å². The lowest BCUT2D eigenvalue weighted by Gasteiger charge is -1.92. The highest BCUT2D eigenvalue weighted by Gasteiger charge is 2.03. The van der Waals surface area contributed by atoms with E-state index in [0.29, 0.717) is 5.16 Å². The van der Waals surface area contributed by atoms with Crippen molar-refractivity contribution < 1.29 is 0 Å². The fourth-order valence-electron chi connectivity index (χ4n) is 1.07. The van der Waals surface area contributed by atoms with Gasteiger partial charge in [-0.05, 0) is 5.25 Å². The summed E-state index contributed by atoms with van der Waals surface area (Å²) < 4.78 is 0. The molecule has 0 atom stereocenters. The van der Waals surface area contributed by atoms with Crippen molar-refractivity contribution in [3.63, 3.8) is 0 Å². The van der Waals surface area contributed by atoms with Crippen LogP contribution in [0, 0.1) is 11.7 Å². The summed E-state index contributed by atoms with van der Waals surface area (Å²) in [5, 5.41) is 9.79. The van der Waals surface area contributed by atoms with Gasteiger partial charge in [0.25, 0.3) is 0 Å². The summed E-state index contributed by atoms with van der Waals surface area (Å²) in [5.41, 5.74) is 1.00. The normalized spacial score (nSPS) is 9.64. The molecule has 1 aromatic carbocycles. The third kappa shape index (κ3) is 1.78. The topological polar surface area (TPSA) is 41.6 Å². The Morgan fingerprint density at radius 3 is 2.79 bits per heavy atom. The second-order valence-corrected chi connectivity index (χ2v) is 3.36. The van der Waals surface area contributed by atoms with E-state index in [1.54, 1.807) is 0 Å². The van der Waals surface area contributed by atoms with Crippen LogP contribution in [0.3, 0.4) is 0 Å². The molecule has 0 bridgehead atoms. The molecular weight excluding hydrogens is 194 g/mol. The molecule has 1 aromatic heterocycles. The van der Waals surface area contributed by atoms with Crippen LogP contribution in [-0.2, 0) is 0 Å². The summed E-state index contributed by atoms with van der Waals surface area (Å²) in [5.74, 6) is 0.739. The molecule has 0 saturated carbocycles. The number of nitrogens with zero attached hydrogens (tertiary/aromatic N) is 2. The molecule has 1 N–H and O–H groups in total. The van der Waals surface area contributed by atoms with Crippen LogP contribution in [0.5, 0.6) is 0 Å². The van der Waals surface area contributed by atoms with E-state index in [-0.39, 0.29) is 0 Å². The molecule has 4 heteroatoms. The molecule has 0 fully saturated rings. The Kier molecular flexibility index (Phi) is 2.52. The molecule has 0 aliphatic carbocycles. The number of terminal acetylenes is 1. The van der Waals surface area contributed by atoms with Crippen LogP contribution in [0.25, 0.3) is 11.4 Å². The maximum absolute atomic E-state index is 5.13. The quantitative estimate of drug-likeness (QED) is 0.598. The Balaban J connectivity index is 2.31. The minimum atomic E-state index is 0.575. The van der Waals surface area contributed by atoms with Crippen molar-refractivity contribution in [2.75, 3.05) is 0 Å². The molecule has 0 spiro atoms. The minimum Gasteiger partial charge on any atom is -0.258 e. The number of benzene rings is 1. The van der Waals surface area contributed by atoms with Crippen LogP contribution in [0.4, 0.5) is 0 Å². The van der Waals surface area contributed by atoms with Gasteiger partial charge < -0.3 is 0 Å². The van der Waals surface area contributed by atoms with Crippen LogP contribution in [-0.4, -0.2) is 15.2 Å². The predicted molar refractivity (Wildman–Crippen MR) is 56.5 cm³/mol. The molecule has 2 aromatic rings. The van der Waals surface area contributed by atoms with Gasteiger partial charge in [-0.2, -0.15) is 0 Å². The average molecular weight is 201 g/mol.